The highest BCUT2D eigenvalue weighted by Gasteiger charge is 2.45. The van der Waals surface area contributed by atoms with Crippen LogP contribution in [0.4, 0.5) is 14.5 Å². The molecule has 8 heteroatoms. The number of ether oxygens (including phenoxy) is 1. The van der Waals surface area contributed by atoms with Crippen LogP contribution in [0.15, 0.2) is 36.4 Å². The summed E-state index contributed by atoms with van der Waals surface area (Å²) in [4.78, 5) is 7.38. The lowest BCUT2D eigenvalue weighted by molar-refractivity contribution is -0.113. The van der Waals surface area contributed by atoms with E-state index in [1.54, 1.807) is 7.11 Å². The van der Waals surface area contributed by atoms with Crippen molar-refractivity contribution in [3.8, 4) is 17.3 Å². The van der Waals surface area contributed by atoms with Gasteiger partial charge < -0.3 is 23.9 Å². The Labute approximate surface area is 202 Å². The van der Waals surface area contributed by atoms with Gasteiger partial charge in [0.15, 0.2) is 5.82 Å². The van der Waals surface area contributed by atoms with Crippen LogP contribution in [0.3, 0.4) is 0 Å². The number of alkyl halides is 2. The molecule has 2 aliphatic rings. The van der Waals surface area contributed by atoms with Crippen LogP contribution < -0.4 is 9.64 Å². The van der Waals surface area contributed by atoms with E-state index in [-0.39, 0.29) is 25.4 Å². The number of hydrogen-bond acceptors (Lipinski definition) is 4. The number of aliphatic hydroxyl groups is 1. The molecule has 6 rings (SSSR count). The van der Waals surface area contributed by atoms with Crippen LogP contribution >= 0.6 is 0 Å². The van der Waals surface area contributed by atoms with Crippen LogP contribution in [-0.4, -0.2) is 52.0 Å². The predicted molar refractivity (Wildman–Crippen MR) is 134 cm³/mol. The summed E-state index contributed by atoms with van der Waals surface area (Å²) < 4.78 is 37.6. The van der Waals surface area contributed by atoms with Crippen molar-refractivity contribution in [3.05, 3.63) is 42.0 Å². The second-order valence-electron chi connectivity index (χ2n) is 9.97. The van der Waals surface area contributed by atoms with Crippen LogP contribution in [-0.2, 0) is 13.1 Å². The van der Waals surface area contributed by atoms with Gasteiger partial charge >= 0.3 is 0 Å². The normalized spacial score (nSPS) is 17.3. The molecule has 1 aliphatic carbocycles. The lowest BCUT2D eigenvalue weighted by atomic mass is 9.81. The maximum absolute atomic E-state index is 13.7. The van der Waals surface area contributed by atoms with Crippen molar-refractivity contribution in [3.63, 3.8) is 0 Å². The van der Waals surface area contributed by atoms with Crippen LogP contribution in [0.2, 0.25) is 0 Å². The number of methoxy groups -OCH3 is 1. The van der Waals surface area contributed by atoms with Crippen molar-refractivity contribution in [1.29, 1.82) is 0 Å². The second kappa shape index (κ2) is 8.22. The van der Waals surface area contributed by atoms with E-state index in [0.29, 0.717) is 6.54 Å². The van der Waals surface area contributed by atoms with E-state index in [1.165, 1.54) is 0 Å². The fourth-order valence-electron chi connectivity index (χ4n) is 5.88. The summed E-state index contributed by atoms with van der Waals surface area (Å²) in [5.41, 5.74) is 6.04. The molecule has 0 unspecified atom stereocenters. The van der Waals surface area contributed by atoms with E-state index < -0.39 is 5.92 Å². The Hall–Kier alpha value is -3.13. The number of fused-ring (bicyclic) bond motifs is 1. The van der Waals surface area contributed by atoms with E-state index in [4.69, 9.17) is 9.72 Å². The Balaban J connectivity index is 1.53. The molecule has 0 spiro atoms. The van der Waals surface area contributed by atoms with Crippen molar-refractivity contribution in [2.75, 3.05) is 31.7 Å². The van der Waals surface area contributed by atoms with E-state index in [9.17, 15) is 13.9 Å². The summed E-state index contributed by atoms with van der Waals surface area (Å²) in [6, 6.07) is 12.5. The van der Waals surface area contributed by atoms with Gasteiger partial charge in [0, 0.05) is 51.0 Å². The van der Waals surface area contributed by atoms with Crippen molar-refractivity contribution in [2.24, 2.45) is 5.92 Å². The molecule has 2 aromatic heterocycles. The van der Waals surface area contributed by atoms with E-state index in [0.717, 1.165) is 76.5 Å². The third-order valence-electron chi connectivity index (χ3n) is 7.43. The molecule has 3 heterocycles. The summed E-state index contributed by atoms with van der Waals surface area (Å²) >= 11 is 0. The van der Waals surface area contributed by atoms with E-state index in [2.05, 4.69) is 38.3 Å². The standard InChI is InChI=1S/C27H30F2N4O2/c1-17-11-20-25(23(12-17)35-2)33(16-18-14-27(28,29)15-18)26(30-20)22-13-19-5-3-6-21-24(19)32(22)9-8-31(21)7-4-10-34/h3,5-6,11-13,18,34H,4,7-10,14-16H2,1-2H3. The highest BCUT2D eigenvalue weighted by molar-refractivity contribution is 5.97. The maximum Gasteiger partial charge on any atom is 0.248 e. The molecular formula is C27H30F2N4O2. The predicted octanol–water partition coefficient (Wildman–Crippen LogP) is 5.22. The van der Waals surface area contributed by atoms with Gasteiger partial charge in [-0.2, -0.15) is 0 Å². The summed E-state index contributed by atoms with van der Waals surface area (Å²) in [5, 5.41) is 10.5. The summed E-state index contributed by atoms with van der Waals surface area (Å²) in [7, 11) is 1.64. The lowest BCUT2D eigenvalue weighted by Crippen LogP contribution is -2.37. The topological polar surface area (TPSA) is 55.4 Å². The summed E-state index contributed by atoms with van der Waals surface area (Å²) in [6.45, 7) is 5.10. The van der Waals surface area contributed by atoms with Crippen molar-refractivity contribution in [2.45, 2.75) is 45.2 Å². The average Bonchev–Trinajstić information content (AvgIpc) is 3.36. The number of imidazole rings is 1. The summed E-state index contributed by atoms with van der Waals surface area (Å²) in [5.74, 6) is -1.15. The first-order chi connectivity index (χ1) is 16.9. The first-order valence-electron chi connectivity index (χ1n) is 12.3. The molecule has 1 aliphatic heterocycles. The number of benzene rings is 2. The fourth-order valence-corrected chi connectivity index (χ4v) is 5.88. The highest BCUT2D eigenvalue weighted by Crippen LogP contribution is 2.45. The fraction of sp³-hybridized carbons (Fsp3) is 0.444. The van der Waals surface area contributed by atoms with Crippen molar-refractivity contribution in [1.82, 2.24) is 14.1 Å². The number of aromatic nitrogens is 3. The minimum Gasteiger partial charge on any atom is -0.494 e. The number of aliphatic hydroxyl groups excluding tert-OH is 1. The van der Waals surface area contributed by atoms with Crippen molar-refractivity contribution < 1.29 is 18.6 Å². The van der Waals surface area contributed by atoms with Crippen LogP contribution in [0.25, 0.3) is 33.5 Å². The number of nitrogens with zero attached hydrogens (tertiary/aromatic N) is 4. The van der Waals surface area contributed by atoms with Crippen LogP contribution in [0, 0.1) is 12.8 Å². The number of para-hydroxylation sites is 1. The SMILES string of the molecule is COc1cc(C)cc2nc(-c3cc4cccc5c4n3CCN5CCCO)n(CC3CC(F)(F)C3)c12. The summed E-state index contributed by atoms with van der Waals surface area (Å²) in [6.07, 6.45) is 0.547. The molecule has 35 heavy (non-hydrogen) atoms. The zero-order valence-corrected chi connectivity index (χ0v) is 20.1. The number of aryl methyl sites for hydroxylation is 1. The van der Waals surface area contributed by atoms with E-state index in [1.807, 2.05) is 19.1 Å². The Morgan fingerprint density at radius 1 is 1.14 bits per heavy atom. The van der Waals surface area contributed by atoms with Gasteiger partial charge in [-0.25, -0.2) is 13.8 Å². The number of halogens is 2. The molecule has 6 nitrogen and oxygen atoms in total. The van der Waals surface area contributed by atoms with Crippen LogP contribution in [0.5, 0.6) is 5.75 Å². The second-order valence-corrected chi connectivity index (χ2v) is 9.97. The molecule has 0 atom stereocenters. The van der Waals surface area contributed by atoms with Gasteiger partial charge in [0.05, 0.1) is 29.5 Å². The van der Waals surface area contributed by atoms with Gasteiger partial charge in [-0.05, 0) is 49.1 Å². The van der Waals surface area contributed by atoms with Gasteiger partial charge in [0.1, 0.15) is 11.3 Å². The number of anilines is 1. The molecule has 1 saturated carbocycles. The first-order valence-corrected chi connectivity index (χ1v) is 12.3. The van der Waals surface area contributed by atoms with Gasteiger partial charge in [-0.1, -0.05) is 12.1 Å². The van der Waals surface area contributed by atoms with Gasteiger partial charge in [0.2, 0.25) is 5.92 Å². The highest BCUT2D eigenvalue weighted by atomic mass is 19.3. The first kappa shape index (κ1) is 22.3. The monoisotopic (exact) mass is 480 g/mol. The Bertz CT molecular complexity index is 1420. The molecule has 1 fully saturated rings. The molecule has 184 valence electrons. The molecule has 0 bridgehead atoms. The minimum atomic E-state index is -2.56. The molecular weight excluding hydrogens is 450 g/mol. The molecule has 0 amide bonds. The Morgan fingerprint density at radius 3 is 2.71 bits per heavy atom. The van der Waals surface area contributed by atoms with Crippen molar-refractivity contribution >= 4 is 27.6 Å². The van der Waals surface area contributed by atoms with Gasteiger partial charge in [0.25, 0.3) is 0 Å². The zero-order chi connectivity index (χ0) is 24.3. The third kappa shape index (κ3) is 3.66. The van der Waals surface area contributed by atoms with Gasteiger partial charge in [-0.3, -0.25) is 0 Å². The molecule has 0 radical (unpaired) electrons. The Kier molecular flexibility index (Phi) is 5.25. The number of hydrogen-bond donors (Lipinski definition) is 1. The van der Waals surface area contributed by atoms with Gasteiger partial charge in [-0.15, -0.1) is 0 Å². The largest absolute Gasteiger partial charge is 0.494 e. The maximum atomic E-state index is 13.7. The third-order valence-corrected chi connectivity index (χ3v) is 7.43. The quantitative estimate of drug-likeness (QED) is 0.394. The molecule has 1 N–H and O–H groups in total. The molecule has 2 aromatic carbocycles. The number of rotatable bonds is 7. The Morgan fingerprint density at radius 2 is 1.97 bits per heavy atom. The lowest BCUT2D eigenvalue weighted by Gasteiger charge is -2.35. The van der Waals surface area contributed by atoms with Crippen LogP contribution in [0.1, 0.15) is 24.8 Å². The average molecular weight is 481 g/mol. The minimum absolute atomic E-state index is 0.0900. The van der Waals surface area contributed by atoms with E-state index >= 15 is 0 Å². The molecule has 0 saturated heterocycles. The molecule has 4 aromatic rings. The smallest absolute Gasteiger partial charge is 0.248 e. The zero-order valence-electron chi connectivity index (χ0n) is 20.1.